The lowest BCUT2D eigenvalue weighted by Crippen LogP contribution is -2.35. The molecule has 0 N–H and O–H groups in total. The van der Waals surface area contributed by atoms with Gasteiger partial charge in [0.15, 0.2) is 5.69 Å². The summed E-state index contributed by atoms with van der Waals surface area (Å²) in [7, 11) is 2.20. The molecule has 28 heavy (non-hydrogen) atoms. The molecule has 140 valence electrons. The van der Waals surface area contributed by atoms with Crippen molar-refractivity contribution >= 4 is 21.5 Å². The second-order valence-electron chi connectivity index (χ2n) is 8.54. The Morgan fingerprint density at radius 2 is 1.50 bits per heavy atom. The van der Waals surface area contributed by atoms with Crippen molar-refractivity contribution in [3.05, 3.63) is 77.5 Å². The first-order valence-corrected chi connectivity index (χ1v) is 10.5. The number of rotatable bonds is 2. The third-order valence-corrected chi connectivity index (χ3v) is 6.73. The van der Waals surface area contributed by atoms with Gasteiger partial charge in [-0.05, 0) is 65.1 Å². The summed E-state index contributed by atoms with van der Waals surface area (Å²) in [6, 6.07) is 22.9. The van der Waals surface area contributed by atoms with E-state index in [0.717, 1.165) is 5.92 Å². The number of pyridine rings is 1. The van der Waals surface area contributed by atoms with E-state index >= 15 is 0 Å². The molecule has 1 aliphatic carbocycles. The molecule has 1 saturated carbocycles. The van der Waals surface area contributed by atoms with E-state index in [-0.39, 0.29) is 0 Å². The number of aromatic nitrogens is 1. The zero-order chi connectivity index (χ0) is 19.3. The van der Waals surface area contributed by atoms with E-state index in [0.29, 0.717) is 0 Å². The zero-order valence-electron chi connectivity index (χ0n) is 17.1. The van der Waals surface area contributed by atoms with Gasteiger partial charge in [0.25, 0.3) is 0 Å². The lowest BCUT2D eigenvalue weighted by Gasteiger charge is -2.14. The molecule has 1 heterocycles. The summed E-state index contributed by atoms with van der Waals surface area (Å²) < 4.78 is 2.36. The second kappa shape index (κ2) is 6.74. The van der Waals surface area contributed by atoms with Gasteiger partial charge in [-0.1, -0.05) is 55.3 Å². The number of benzene rings is 3. The molecule has 0 unspecified atom stereocenters. The Morgan fingerprint density at radius 3 is 2.25 bits per heavy atom. The van der Waals surface area contributed by atoms with Gasteiger partial charge in [0.2, 0.25) is 5.69 Å². The summed E-state index contributed by atoms with van der Waals surface area (Å²) in [6.45, 7) is 4.46. The average Bonchev–Trinajstić information content (AvgIpc) is 3.23. The van der Waals surface area contributed by atoms with Gasteiger partial charge in [-0.25, -0.2) is 0 Å². The number of hydrogen-bond donors (Lipinski definition) is 0. The van der Waals surface area contributed by atoms with E-state index in [1.165, 1.54) is 75.3 Å². The molecule has 0 radical (unpaired) electrons. The van der Waals surface area contributed by atoms with Crippen LogP contribution in [-0.4, -0.2) is 0 Å². The minimum absolute atomic E-state index is 0.754. The molecule has 4 aromatic rings. The van der Waals surface area contributed by atoms with E-state index in [4.69, 9.17) is 0 Å². The van der Waals surface area contributed by atoms with Gasteiger partial charge >= 0.3 is 0 Å². The van der Waals surface area contributed by atoms with Crippen LogP contribution in [0.25, 0.3) is 32.8 Å². The number of fused-ring (bicyclic) bond motifs is 2. The van der Waals surface area contributed by atoms with Crippen molar-refractivity contribution in [1.82, 2.24) is 0 Å². The van der Waals surface area contributed by atoms with Crippen LogP contribution in [0.3, 0.4) is 0 Å². The highest BCUT2D eigenvalue weighted by Crippen LogP contribution is 2.37. The molecular weight excluding hydrogens is 338 g/mol. The summed E-state index contributed by atoms with van der Waals surface area (Å²) in [6.07, 6.45) is 5.46. The number of aryl methyl sites for hydroxylation is 2. The van der Waals surface area contributed by atoms with E-state index in [1.54, 1.807) is 0 Å². The molecule has 0 aliphatic heterocycles. The summed E-state index contributed by atoms with van der Waals surface area (Å²) in [5.41, 5.74) is 6.83. The van der Waals surface area contributed by atoms with Crippen molar-refractivity contribution in [3.8, 4) is 11.3 Å². The predicted molar refractivity (Wildman–Crippen MR) is 119 cm³/mol. The van der Waals surface area contributed by atoms with Gasteiger partial charge in [-0.15, -0.1) is 0 Å². The molecule has 0 amide bonds. The van der Waals surface area contributed by atoms with Crippen LogP contribution >= 0.6 is 0 Å². The lowest BCUT2D eigenvalue weighted by molar-refractivity contribution is -0.665. The fourth-order valence-corrected chi connectivity index (χ4v) is 5.04. The quantitative estimate of drug-likeness (QED) is 0.345. The first-order chi connectivity index (χ1) is 13.6. The average molecular weight is 367 g/mol. The highest BCUT2D eigenvalue weighted by Gasteiger charge is 2.22. The first kappa shape index (κ1) is 17.4. The predicted octanol–water partition coefficient (Wildman–Crippen LogP) is 6.76. The monoisotopic (exact) mass is 366 g/mol. The van der Waals surface area contributed by atoms with Crippen LogP contribution < -0.4 is 4.57 Å². The van der Waals surface area contributed by atoms with Crippen molar-refractivity contribution in [3.63, 3.8) is 0 Å². The summed E-state index contributed by atoms with van der Waals surface area (Å²) >= 11 is 0. The number of nitrogens with zero attached hydrogens (tertiary/aromatic N) is 1. The normalized spacial score (nSPS) is 15.0. The fourth-order valence-electron chi connectivity index (χ4n) is 5.04. The highest BCUT2D eigenvalue weighted by atomic mass is 14.9. The molecular formula is C27H28N+. The molecule has 1 nitrogen and oxygen atoms in total. The van der Waals surface area contributed by atoms with Crippen LogP contribution in [0.1, 0.15) is 48.4 Å². The topological polar surface area (TPSA) is 3.88 Å². The van der Waals surface area contributed by atoms with Crippen LogP contribution in [0, 0.1) is 13.8 Å². The molecule has 1 aromatic heterocycles. The van der Waals surface area contributed by atoms with Crippen molar-refractivity contribution < 1.29 is 4.57 Å². The maximum absolute atomic E-state index is 2.46. The van der Waals surface area contributed by atoms with Crippen molar-refractivity contribution in [2.45, 2.75) is 45.4 Å². The Bertz CT molecular complexity index is 1200. The van der Waals surface area contributed by atoms with Crippen molar-refractivity contribution in [2.75, 3.05) is 0 Å². The minimum atomic E-state index is 0.754. The molecule has 0 spiro atoms. The van der Waals surface area contributed by atoms with Crippen LogP contribution in [0.15, 0.2) is 60.7 Å². The fraction of sp³-hybridized carbons (Fsp3) is 0.296. The van der Waals surface area contributed by atoms with Gasteiger partial charge in [0.1, 0.15) is 7.05 Å². The third kappa shape index (κ3) is 2.81. The zero-order valence-corrected chi connectivity index (χ0v) is 17.1. The Kier molecular flexibility index (Phi) is 4.19. The lowest BCUT2D eigenvalue weighted by atomic mass is 9.92. The maximum Gasteiger partial charge on any atom is 0.220 e. The maximum atomic E-state index is 2.46. The van der Waals surface area contributed by atoms with Crippen molar-refractivity contribution in [1.29, 1.82) is 0 Å². The van der Waals surface area contributed by atoms with Gasteiger partial charge < -0.3 is 0 Å². The van der Waals surface area contributed by atoms with E-state index in [1.807, 2.05) is 0 Å². The molecule has 3 aromatic carbocycles. The minimum Gasteiger partial charge on any atom is -0.198 e. The van der Waals surface area contributed by atoms with Crippen molar-refractivity contribution in [2.24, 2.45) is 7.05 Å². The molecule has 1 aliphatic rings. The van der Waals surface area contributed by atoms with Gasteiger partial charge in [-0.2, -0.15) is 4.57 Å². The molecule has 5 rings (SSSR count). The van der Waals surface area contributed by atoms with Gasteiger partial charge in [0.05, 0.1) is 10.9 Å². The smallest absolute Gasteiger partial charge is 0.198 e. The van der Waals surface area contributed by atoms with E-state index in [2.05, 4.69) is 86.1 Å². The van der Waals surface area contributed by atoms with Crippen LogP contribution in [0.2, 0.25) is 0 Å². The molecule has 1 fully saturated rings. The Morgan fingerprint density at radius 1 is 0.786 bits per heavy atom. The molecule has 1 heteroatoms. The molecule has 0 saturated heterocycles. The Labute approximate surface area is 167 Å². The van der Waals surface area contributed by atoms with Crippen LogP contribution in [0.5, 0.6) is 0 Å². The van der Waals surface area contributed by atoms with Crippen LogP contribution in [-0.2, 0) is 7.05 Å². The summed E-state index contributed by atoms with van der Waals surface area (Å²) in [4.78, 5) is 0. The summed E-state index contributed by atoms with van der Waals surface area (Å²) in [5, 5.41) is 5.35. The Balaban J connectivity index is 1.76. The Hall–Kier alpha value is -2.67. The van der Waals surface area contributed by atoms with E-state index < -0.39 is 0 Å². The van der Waals surface area contributed by atoms with Gasteiger partial charge in [-0.3, -0.25) is 0 Å². The van der Waals surface area contributed by atoms with E-state index in [9.17, 15) is 0 Å². The largest absolute Gasteiger partial charge is 0.220 e. The standard InChI is InChI=1S/C27H28N/c1-18-14-21-10-6-7-11-22(21)17-26(18)27-25-13-12-23(20-8-4-5-9-20)16-24(25)15-19(2)28(27)3/h6-7,10-17,20H,4-5,8-9H2,1-3H3/q+1. The third-order valence-electron chi connectivity index (χ3n) is 6.73. The van der Waals surface area contributed by atoms with Gasteiger partial charge in [0, 0.05) is 13.0 Å². The SMILES string of the molecule is Cc1cc2ccccc2cc1-c1c2ccc(C3CCCC3)cc2cc(C)[n+]1C. The van der Waals surface area contributed by atoms with Crippen LogP contribution in [0.4, 0.5) is 0 Å². The summed E-state index contributed by atoms with van der Waals surface area (Å²) in [5.74, 6) is 0.754. The molecule has 0 bridgehead atoms. The first-order valence-electron chi connectivity index (χ1n) is 10.5. The number of hydrogen-bond acceptors (Lipinski definition) is 0. The second-order valence-corrected chi connectivity index (χ2v) is 8.54. The molecule has 0 atom stereocenters. The highest BCUT2D eigenvalue weighted by molar-refractivity contribution is 5.97.